The largest absolute Gasteiger partial charge is 0.364 e. The maximum Gasteiger partial charge on any atom is 0.253 e. The van der Waals surface area contributed by atoms with Crippen LogP contribution in [0.3, 0.4) is 0 Å². The van der Waals surface area contributed by atoms with Gasteiger partial charge in [0.1, 0.15) is 6.10 Å². The number of amides is 2. The monoisotopic (exact) mass is 355 g/mol. The third-order valence-electron chi connectivity index (χ3n) is 3.82. The summed E-state index contributed by atoms with van der Waals surface area (Å²) in [5, 5.41) is 5.70. The van der Waals surface area contributed by atoms with E-state index < -0.39 is 6.10 Å². The highest BCUT2D eigenvalue weighted by Gasteiger charge is 2.29. The average Bonchev–Trinajstić information content (AvgIpc) is 2.95. The Labute approximate surface area is 148 Å². The summed E-state index contributed by atoms with van der Waals surface area (Å²) in [6.07, 6.45) is 1.01. The van der Waals surface area contributed by atoms with Gasteiger partial charge in [0.15, 0.2) is 0 Å². The molecule has 1 heterocycles. The first-order valence-corrected chi connectivity index (χ1v) is 7.98. The van der Waals surface area contributed by atoms with E-state index in [1.54, 1.807) is 18.2 Å². The fourth-order valence-electron chi connectivity index (χ4n) is 2.63. The van der Waals surface area contributed by atoms with Crippen LogP contribution < -0.4 is 16.4 Å². The number of hydrogen-bond acceptors (Lipinski definition) is 4. The van der Waals surface area contributed by atoms with Crippen LogP contribution in [0, 0.1) is 6.92 Å². The second-order valence-electron chi connectivity index (χ2n) is 6.21. The summed E-state index contributed by atoms with van der Waals surface area (Å²) in [7, 11) is 0. The molecule has 1 aromatic rings. The van der Waals surface area contributed by atoms with Gasteiger partial charge in [0.25, 0.3) is 11.8 Å². The number of benzene rings is 1. The van der Waals surface area contributed by atoms with E-state index in [4.69, 9.17) is 10.5 Å². The fourth-order valence-corrected chi connectivity index (χ4v) is 2.63. The van der Waals surface area contributed by atoms with E-state index in [2.05, 4.69) is 10.6 Å². The zero-order chi connectivity index (χ0) is 17.0. The lowest BCUT2D eigenvalue weighted by atomic mass is 10.1. The van der Waals surface area contributed by atoms with Gasteiger partial charge >= 0.3 is 0 Å². The number of aryl methyl sites for hydroxylation is 1. The lowest BCUT2D eigenvalue weighted by Crippen LogP contribution is -2.31. The van der Waals surface area contributed by atoms with Gasteiger partial charge in [-0.2, -0.15) is 0 Å². The zero-order valence-electron chi connectivity index (χ0n) is 14.3. The molecule has 1 aliphatic heterocycles. The van der Waals surface area contributed by atoms with E-state index in [1.807, 2.05) is 20.8 Å². The first kappa shape index (κ1) is 20.4. The summed E-state index contributed by atoms with van der Waals surface area (Å²) >= 11 is 0. The van der Waals surface area contributed by atoms with Crippen LogP contribution >= 0.6 is 12.4 Å². The predicted molar refractivity (Wildman–Crippen MR) is 96.6 cm³/mol. The van der Waals surface area contributed by atoms with Gasteiger partial charge < -0.3 is 21.1 Å². The van der Waals surface area contributed by atoms with Crippen molar-refractivity contribution in [3.8, 4) is 0 Å². The maximum absolute atomic E-state index is 12.2. The van der Waals surface area contributed by atoms with E-state index in [9.17, 15) is 9.59 Å². The maximum atomic E-state index is 12.2. The van der Waals surface area contributed by atoms with Gasteiger partial charge in [-0.05, 0) is 57.4 Å². The number of nitrogens with one attached hydrogen (secondary N) is 2. The molecule has 134 valence electrons. The SMILES string of the molecule is Cc1cc(NC(=O)[C@@H]2CC[C@H](CN)O2)ccc1C(=O)NC(C)C.Cl. The number of ether oxygens (including phenoxy) is 1. The second kappa shape index (κ2) is 9.01. The molecule has 1 fully saturated rings. The fraction of sp³-hybridized carbons (Fsp3) is 0.529. The van der Waals surface area contributed by atoms with E-state index in [0.29, 0.717) is 24.2 Å². The summed E-state index contributed by atoms with van der Waals surface area (Å²) in [5.41, 5.74) is 7.64. The van der Waals surface area contributed by atoms with Crippen LogP contribution in [0.5, 0.6) is 0 Å². The standard InChI is InChI=1S/C17H25N3O3.ClH/c1-10(2)19-16(21)14-6-4-12(8-11(14)3)20-17(22)15-7-5-13(9-18)23-15;/h4,6,8,10,13,15H,5,7,9,18H2,1-3H3,(H,19,21)(H,20,22);1H/t13-,15+;/m1./s1. The Morgan fingerprint density at radius 3 is 2.58 bits per heavy atom. The molecule has 2 atom stereocenters. The minimum atomic E-state index is -0.451. The number of anilines is 1. The van der Waals surface area contributed by atoms with Crippen LogP contribution in [-0.4, -0.2) is 36.6 Å². The highest BCUT2D eigenvalue weighted by Crippen LogP contribution is 2.21. The van der Waals surface area contributed by atoms with Crippen LogP contribution in [0.15, 0.2) is 18.2 Å². The molecule has 1 saturated heterocycles. The van der Waals surface area contributed by atoms with Crippen LogP contribution in [0.2, 0.25) is 0 Å². The molecule has 0 bridgehead atoms. The quantitative estimate of drug-likeness (QED) is 0.753. The van der Waals surface area contributed by atoms with Crippen molar-refractivity contribution in [3.05, 3.63) is 29.3 Å². The predicted octanol–water partition coefficient (Wildman–Crippen LogP) is 2.00. The molecule has 0 aliphatic carbocycles. The molecule has 24 heavy (non-hydrogen) atoms. The summed E-state index contributed by atoms with van der Waals surface area (Å²) in [6, 6.07) is 5.33. The van der Waals surface area contributed by atoms with Gasteiger partial charge in [-0.25, -0.2) is 0 Å². The number of hydrogen-bond donors (Lipinski definition) is 3. The molecule has 1 aromatic carbocycles. The van der Waals surface area contributed by atoms with Gasteiger partial charge in [0, 0.05) is 23.8 Å². The molecule has 0 saturated carbocycles. The molecule has 0 radical (unpaired) electrons. The number of halogens is 1. The average molecular weight is 356 g/mol. The molecule has 7 heteroatoms. The van der Waals surface area contributed by atoms with Crippen LogP contribution in [-0.2, 0) is 9.53 Å². The molecule has 4 N–H and O–H groups in total. The lowest BCUT2D eigenvalue weighted by Gasteiger charge is -2.14. The van der Waals surface area contributed by atoms with E-state index in [0.717, 1.165) is 12.0 Å². The van der Waals surface area contributed by atoms with Crippen LogP contribution in [0.4, 0.5) is 5.69 Å². The first-order valence-electron chi connectivity index (χ1n) is 7.98. The van der Waals surface area contributed by atoms with E-state index >= 15 is 0 Å². The molecular formula is C17H26ClN3O3. The Hall–Kier alpha value is -1.63. The van der Waals surface area contributed by atoms with Crippen molar-refractivity contribution in [2.24, 2.45) is 5.73 Å². The van der Waals surface area contributed by atoms with Gasteiger partial charge in [-0.3, -0.25) is 9.59 Å². The molecule has 0 aromatic heterocycles. The minimum Gasteiger partial charge on any atom is -0.364 e. The van der Waals surface area contributed by atoms with Crippen molar-refractivity contribution < 1.29 is 14.3 Å². The molecular weight excluding hydrogens is 330 g/mol. The van der Waals surface area contributed by atoms with Gasteiger partial charge in [-0.1, -0.05) is 0 Å². The highest BCUT2D eigenvalue weighted by atomic mass is 35.5. The number of carbonyl (C=O) groups excluding carboxylic acids is 2. The lowest BCUT2D eigenvalue weighted by molar-refractivity contribution is -0.126. The van der Waals surface area contributed by atoms with Crippen molar-refractivity contribution in [1.29, 1.82) is 0 Å². The molecule has 0 spiro atoms. The molecule has 2 amide bonds. The van der Waals surface area contributed by atoms with Gasteiger partial charge in [-0.15, -0.1) is 12.4 Å². The molecule has 0 unspecified atom stereocenters. The summed E-state index contributed by atoms with van der Waals surface area (Å²) in [5.74, 6) is -0.278. The van der Waals surface area contributed by atoms with Crippen molar-refractivity contribution in [3.63, 3.8) is 0 Å². The van der Waals surface area contributed by atoms with Gasteiger partial charge in [0.05, 0.1) is 6.10 Å². The number of carbonyl (C=O) groups is 2. The summed E-state index contributed by atoms with van der Waals surface area (Å²) in [6.45, 7) is 6.11. The minimum absolute atomic E-state index is 0. The van der Waals surface area contributed by atoms with Crippen molar-refractivity contribution in [2.45, 2.75) is 51.9 Å². The summed E-state index contributed by atoms with van der Waals surface area (Å²) in [4.78, 5) is 24.3. The Morgan fingerprint density at radius 1 is 1.33 bits per heavy atom. The third-order valence-corrected chi connectivity index (χ3v) is 3.82. The van der Waals surface area contributed by atoms with E-state index in [1.165, 1.54) is 0 Å². The van der Waals surface area contributed by atoms with Crippen LogP contribution in [0.25, 0.3) is 0 Å². The Bertz CT molecular complexity index is 592. The van der Waals surface area contributed by atoms with E-state index in [-0.39, 0.29) is 36.4 Å². The normalized spacial score (nSPS) is 19.7. The van der Waals surface area contributed by atoms with Gasteiger partial charge in [0.2, 0.25) is 0 Å². The number of rotatable bonds is 5. The highest BCUT2D eigenvalue weighted by molar-refractivity contribution is 5.98. The van der Waals surface area contributed by atoms with Crippen molar-refractivity contribution in [1.82, 2.24) is 5.32 Å². The summed E-state index contributed by atoms with van der Waals surface area (Å²) < 4.78 is 5.58. The van der Waals surface area contributed by atoms with Crippen molar-refractivity contribution in [2.75, 3.05) is 11.9 Å². The topological polar surface area (TPSA) is 93.5 Å². The molecule has 1 aliphatic rings. The second-order valence-corrected chi connectivity index (χ2v) is 6.21. The first-order chi connectivity index (χ1) is 10.9. The van der Waals surface area contributed by atoms with Crippen molar-refractivity contribution >= 4 is 29.9 Å². The Morgan fingerprint density at radius 2 is 2.04 bits per heavy atom. The third kappa shape index (κ3) is 5.19. The molecule has 6 nitrogen and oxygen atoms in total. The smallest absolute Gasteiger partial charge is 0.253 e. The Balaban J connectivity index is 0.00000288. The Kier molecular flexibility index (Phi) is 7.66. The number of nitrogens with two attached hydrogens (primary N) is 1. The molecule has 2 rings (SSSR count). The van der Waals surface area contributed by atoms with Crippen LogP contribution in [0.1, 0.15) is 42.6 Å². The zero-order valence-corrected chi connectivity index (χ0v) is 15.1.